The summed E-state index contributed by atoms with van der Waals surface area (Å²) in [4.78, 5) is 13.3. The lowest BCUT2D eigenvalue weighted by molar-refractivity contribution is 0.103. The summed E-state index contributed by atoms with van der Waals surface area (Å²) in [6.45, 7) is 1.56. The number of benzene rings is 1. The second-order valence-electron chi connectivity index (χ2n) is 5.91. The Hall–Kier alpha value is -2.22. The summed E-state index contributed by atoms with van der Waals surface area (Å²) in [6, 6.07) is 15.6. The third kappa shape index (κ3) is 2.84. The van der Waals surface area contributed by atoms with Crippen LogP contribution in [0.5, 0.6) is 0 Å². The molecule has 0 aliphatic heterocycles. The van der Waals surface area contributed by atoms with Crippen LogP contribution in [0.25, 0.3) is 0 Å². The fourth-order valence-corrected chi connectivity index (χ4v) is 4.60. The number of carbonyl (C=O) groups is 1. The Morgan fingerprint density at radius 3 is 2.32 bits per heavy atom. The molecule has 25 heavy (non-hydrogen) atoms. The average molecular weight is 374 g/mol. The first-order valence-electron chi connectivity index (χ1n) is 7.59. The summed E-state index contributed by atoms with van der Waals surface area (Å²) in [5, 5.41) is 7.43. The van der Waals surface area contributed by atoms with Crippen molar-refractivity contribution in [3.8, 4) is 0 Å². The van der Waals surface area contributed by atoms with E-state index in [0.717, 1.165) is 0 Å². The van der Waals surface area contributed by atoms with Gasteiger partial charge in [-0.05, 0) is 36.1 Å². The molecule has 0 amide bonds. The minimum atomic E-state index is -3.99. The number of thiophene rings is 1. The Morgan fingerprint density at radius 2 is 1.76 bits per heavy atom. The van der Waals surface area contributed by atoms with E-state index >= 15 is 0 Å². The number of carbonyl (C=O) groups excluding carboxylic acids is 1. The van der Waals surface area contributed by atoms with E-state index in [0.29, 0.717) is 21.8 Å². The molecule has 130 valence electrons. The van der Waals surface area contributed by atoms with Gasteiger partial charge in [0, 0.05) is 12.7 Å². The highest BCUT2D eigenvalue weighted by Crippen LogP contribution is 2.36. The molecule has 3 rings (SSSR count). The van der Waals surface area contributed by atoms with Crippen molar-refractivity contribution in [3.63, 3.8) is 0 Å². The van der Waals surface area contributed by atoms with E-state index in [1.54, 1.807) is 67.1 Å². The van der Waals surface area contributed by atoms with Crippen LogP contribution < -0.4 is 5.14 Å². The van der Waals surface area contributed by atoms with Crippen LogP contribution >= 0.6 is 11.3 Å². The molecule has 2 heterocycles. The van der Waals surface area contributed by atoms with Crippen LogP contribution in [0, 0.1) is 0 Å². The number of aromatic nitrogens is 1. The number of nitrogens with zero attached hydrogens (tertiary/aromatic N) is 1. The summed E-state index contributed by atoms with van der Waals surface area (Å²) in [5.74, 6) is -0.145. The summed E-state index contributed by atoms with van der Waals surface area (Å²) < 4.78 is 25.1. The molecule has 1 atom stereocenters. The number of rotatable bonds is 5. The first-order valence-corrected chi connectivity index (χ1v) is 10.0. The number of sulfonamides is 1. The lowest BCUT2D eigenvalue weighted by Crippen LogP contribution is -2.40. The van der Waals surface area contributed by atoms with Gasteiger partial charge in [-0.2, -0.15) is 0 Å². The Bertz CT molecular complexity index is 1010. The van der Waals surface area contributed by atoms with Gasteiger partial charge in [0.15, 0.2) is 0 Å². The van der Waals surface area contributed by atoms with Gasteiger partial charge in [-0.15, -0.1) is 11.3 Å². The maximum atomic E-state index is 12.7. The Kier molecular flexibility index (Phi) is 4.40. The van der Waals surface area contributed by atoms with E-state index in [2.05, 4.69) is 0 Å². The molecule has 5 nitrogen and oxygen atoms in total. The number of nitrogens with two attached hydrogens (primary N) is 1. The molecule has 0 aliphatic carbocycles. The summed E-state index contributed by atoms with van der Waals surface area (Å²) in [7, 11) is -2.31. The molecule has 1 aromatic carbocycles. The predicted molar refractivity (Wildman–Crippen MR) is 99.2 cm³/mol. The Morgan fingerprint density at radius 1 is 1.08 bits per heavy atom. The molecule has 2 aromatic heterocycles. The highest BCUT2D eigenvalue weighted by atomic mass is 32.2. The highest BCUT2D eigenvalue weighted by Gasteiger charge is 2.43. The van der Waals surface area contributed by atoms with Crippen molar-refractivity contribution in [3.05, 3.63) is 81.8 Å². The zero-order valence-corrected chi connectivity index (χ0v) is 15.5. The predicted octanol–water partition coefficient (Wildman–Crippen LogP) is 2.87. The second kappa shape index (κ2) is 6.25. The maximum absolute atomic E-state index is 12.7. The standard InChI is InChI=1S/C18H18N2O3S2/c1-18(25(19,22)23,13-7-4-3-5-8-13)16-11-10-14(20(16)2)17(21)15-9-6-12-24-15/h3-12H,1-2H3,(H2,19,22,23). The first-order chi connectivity index (χ1) is 11.8. The van der Waals surface area contributed by atoms with Gasteiger partial charge in [-0.3, -0.25) is 4.79 Å². The lowest BCUT2D eigenvalue weighted by Gasteiger charge is -2.29. The Balaban J connectivity index is 2.19. The molecule has 0 bridgehead atoms. The summed E-state index contributed by atoms with van der Waals surface area (Å²) >= 11 is 1.35. The van der Waals surface area contributed by atoms with Crippen LogP contribution in [-0.2, 0) is 21.8 Å². The number of hydrogen-bond donors (Lipinski definition) is 1. The van der Waals surface area contributed by atoms with Crippen molar-refractivity contribution in [2.45, 2.75) is 11.7 Å². The number of primary sulfonamides is 1. The van der Waals surface area contributed by atoms with Crippen molar-refractivity contribution in [2.75, 3.05) is 0 Å². The van der Waals surface area contributed by atoms with Crippen LogP contribution in [0.4, 0.5) is 0 Å². The monoisotopic (exact) mass is 374 g/mol. The van der Waals surface area contributed by atoms with E-state index < -0.39 is 14.8 Å². The van der Waals surface area contributed by atoms with E-state index in [1.807, 2.05) is 11.4 Å². The van der Waals surface area contributed by atoms with Gasteiger partial charge in [0.25, 0.3) is 0 Å². The largest absolute Gasteiger partial charge is 0.343 e. The van der Waals surface area contributed by atoms with E-state index in [9.17, 15) is 13.2 Å². The second-order valence-corrected chi connectivity index (χ2v) is 8.77. The lowest BCUT2D eigenvalue weighted by atomic mass is 9.96. The van der Waals surface area contributed by atoms with E-state index in [4.69, 9.17) is 5.14 Å². The molecule has 2 N–H and O–H groups in total. The quantitative estimate of drug-likeness (QED) is 0.697. The molecule has 3 aromatic rings. The molecular weight excluding hydrogens is 356 g/mol. The molecule has 0 spiro atoms. The minimum absolute atomic E-state index is 0.145. The molecular formula is C18H18N2O3S2. The van der Waals surface area contributed by atoms with Gasteiger partial charge in [-0.1, -0.05) is 36.4 Å². The minimum Gasteiger partial charge on any atom is -0.343 e. The molecule has 0 aliphatic rings. The molecule has 7 heteroatoms. The van der Waals surface area contributed by atoms with Crippen molar-refractivity contribution in [2.24, 2.45) is 12.2 Å². The van der Waals surface area contributed by atoms with Crippen molar-refractivity contribution in [1.29, 1.82) is 0 Å². The van der Waals surface area contributed by atoms with Crippen molar-refractivity contribution >= 4 is 27.1 Å². The van der Waals surface area contributed by atoms with Crippen LogP contribution in [-0.4, -0.2) is 18.8 Å². The van der Waals surface area contributed by atoms with Gasteiger partial charge < -0.3 is 4.57 Å². The molecule has 0 saturated carbocycles. The molecule has 0 saturated heterocycles. The topological polar surface area (TPSA) is 82.2 Å². The fourth-order valence-electron chi connectivity index (χ4n) is 2.97. The van der Waals surface area contributed by atoms with Crippen LogP contribution in [0.2, 0.25) is 0 Å². The van der Waals surface area contributed by atoms with Crippen molar-refractivity contribution in [1.82, 2.24) is 4.57 Å². The van der Waals surface area contributed by atoms with Gasteiger partial charge >= 0.3 is 0 Å². The van der Waals surface area contributed by atoms with Crippen LogP contribution in [0.15, 0.2) is 60.0 Å². The SMILES string of the molecule is Cn1c(C(=O)c2cccs2)ccc1C(C)(c1ccccc1)S(N)(=O)=O. The Labute approximate surface area is 150 Å². The smallest absolute Gasteiger partial charge is 0.224 e. The van der Waals surface area contributed by atoms with Crippen LogP contribution in [0.3, 0.4) is 0 Å². The normalized spacial score (nSPS) is 14.2. The zero-order valence-electron chi connectivity index (χ0n) is 13.8. The average Bonchev–Trinajstić information content (AvgIpc) is 3.23. The van der Waals surface area contributed by atoms with Gasteiger partial charge in [0.1, 0.15) is 4.75 Å². The van der Waals surface area contributed by atoms with Gasteiger partial charge in [0.2, 0.25) is 15.8 Å². The third-order valence-electron chi connectivity index (χ3n) is 4.48. The molecule has 0 fully saturated rings. The van der Waals surface area contributed by atoms with E-state index in [1.165, 1.54) is 11.3 Å². The van der Waals surface area contributed by atoms with Crippen LogP contribution in [0.1, 0.15) is 33.5 Å². The summed E-state index contributed by atoms with van der Waals surface area (Å²) in [6.07, 6.45) is 0. The third-order valence-corrected chi connectivity index (χ3v) is 6.93. The van der Waals surface area contributed by atoms with Gasteiger partial charge in [0.05, 0.1) is 10.6 Å². The first kappa shape index (κ1) is 17.6. The number of hydrogen-bond acceptors (Lipinski definition) is 4. The number of ketones is 1. The highest BCUT2D eigenvalue weighted by molar-refractivity contribution is 7.90. The van der Waals surface area contributed by atoms with E-state index in [-0.39, 0.29) is 5.78 Å². The fraction of sp³-hybridized carbons (Fsp3) is 0.167. The zero-order chi connectivity index (χ0) is 18.2. The van der Waals surface area contributed by atoms with Crippen molar-refractivity contribution < 1.29 is 13.2 Å². The maximum Gasteiger partial charge on any atom is 0.224 e. The summed E-state index contributed by atoms with van der Waals surface area (Å²) in [5.41, 5.74) is 1.41. The molecule has 0 radical (unpaired) electrons. The molecule has 1 unspecified atom stereocenters. The van der Waals surface area contributed by atoms with Gasteiger partial charge in [-0.25, -0.2) is 13.6 Å².